The molecule has 2 aromatic carbocycles. The minimum absolute atomic E-state index is 0.0672. The van der Waals surface area contributed by atoms with Gasteiger partial charge >= 0.3 is 11.9 Å². The molecular weight excluding hydrogens is 588 g/mol. The average Bonchev–Trinajstić information content (AvgIpc) is 3.63. The van der Waals surface area contributed by atoms with E-state index in [1.165, 1.54) is 44.7 Å². The molecule has 0 spiro atoms. The van der Waals surface area contributed by atoms with Crippen LogP contribution in [0.3, 0.4) is 0 Å². The van der Waals surface area contributed by atoms with E-state index in [0.717, 1.165) is 16.7 Å². The van der Waals surface area contributed by atoms with Crippen molar-refractivity contribution in [3.05, 3.63) is 109 Å². The summed E-state index contributed by atoms with van der Waals surface area (Å²) in [5.41, 5.74) is 1.87. The summed E-state index contributed by atoms with van der Waals surface area (Å²) in [5.74, 6) is -0.861. The van der Waals surface area contributed by atoms with Crippen LogP contribution in [-0.2, 0) is 9.47 Å². The molecule has 9 nitrogen and oxygen atoms in total. The van der Waals surface area contributed by atoms with Gasteiger partial charge in [-0.15, -0.1) is 22.7 Å². The van der Waals surface area contributed by atoms with E-state index < -0.39 is 11.9 Å². The number of aromatic nitrogens is 2. The maximum atomic E-state index is 13.5. The smallest absolute Gasteiger partial charge is 0.348 e. The van der Waals surface area contributed by atoms with E-state index in [4.69, 9.17) is 9.47 Å². The van der Waals surface area contributed by atoms with Crippen LogP contribution in [0.25, 0.3) is 42.9 Å². The Bertz CT molecular complexity index is 2140. The minimum Gasteiger partial charge on any atom is -0.508 e. The Hall–Kier alpha value is -5.00. The van der Waals surface area contributed by atoms with Gasteiger partial charge in [-0.2, -0.15) is 0 Å². The van der Waals surface area contributed by atoms with Crippen LogP contribution in [-0.4, -0.2) is 39.4 Å². The lowest BCUT2D eigenvalue weighted by atomic mass is 10.0. The number of phenols is 1. The molecular formula is C32H24N2O7S2. The third-order valence-corrected chi connectivity index (χ3v) is 8.98. The molecule has 0 atom stereocenters. The van der Waals surface area contributed by atoms with Crippen molar-refractivity contribution < 1.29 is 24.2 Å². The van der Waals surface area contributed by atoms with Crippen molar-refractivity contribution in [3.63, 3.8) is 0 Å². The number of rotatable bonds is 7. The molecule has 0 radical (unpaired) electrons. The normalized spacial score (nSPS) is 11.2. The van der Waals surface area contributed by atoms with Gasteiger partial charge in [-0.05, 0) is 79.6 Å². The van der Waals surface area contributed by atoms with Crippen LogP contribution < -0.4 is 11.1 Å². The van der Waals surface area contributed by atoms with Crippen LogP contribution >= 0.6 is 22.7 Å². The predicted octanol–water partition coefficient (Wildman–Crippen LogP) is 6.14. The second-order valence-corrected chi connectivity index (χ2v) is 11.5. The van der Waals surface area contributed by atoms with E-state index in [9.17, 15) is 24.3 Å². The van der Waals surface area contributed by atoms with E-state index >= 15 is 0 Å². The monoisotopic (exact) mass is 612 g/mol. The molecule has 0 aliphatic carbocycles. The molecule has 0 bridgehead atoms. The molecule has 0 aliphatic rings. The van der Waals surface area contributed by atoms with Gasteiger partial charge in [-0.3, -0.25) is 18.7 Å². The van der Waals surface area contributed by atoms with Gasteiger partial charge in [0.15, 0.2) is 0 Å². The number of thiophene rings is 2. The fourth-order valence-electron chi connectivity index (χ4n) is 4.86. The van der Waals surface area contributed by atoms with Gasteiger partial charge in [0, 0.05) is 22.9 Å². The SMILES string of the molecule is CCOC(=O)c1cc2ccc(=O)n(-c3ccc(-c4cc(=O)n(-c5ccc(O)cc5)c5sc(C(=O)OCC)cc45)cc3)c2s1. The summed E-state index contributed by atoms with van der Waals surface area (Å²) in [6.07, 6.45) is 0. The first-order chi connectivity index (χ1) is 20.8. The topological polar surface area (TPSA) is 117 Å². The number of carbonyl (C=O) groups is 2. The highest BCUT2D eigenvalue weighted by molar-refractivity contribution is 7.20. The van der Waals surface area contributed by atoms with Crippen LogP contribution in [0.1, 0.15) is 33.2 Å². The number of hydrogen-bond acceptors (Lipinski definition) is 9. The van der Waals surface area contributed by atoms with Crippen molar-refractivity contribution in [1.82, 2.24) is 9.13 Å². The zero-order valence-corrected chi connectivity index (χ0v) is 24.7. The van der Waals surface area contributed by atoms with Gasteiger partial charge in [-0.1, -0.05) is 12.1 Å². The van der Waals surface area contributed by atoms with Crippen molar-refractivity contribution in [2.45, 2.75) is 13.8 Å². The third-order valence-electron chi connectivity index (χ3n) is 6.76. The Balaban J connectivity index is 1.48. The van der Waals surface area contributed by atoms with Crippen molar-refractivity contribution >= 4 is 55.0 Å². The highest BCUT2D eigenvalue weighted by Crippen LogP contribution is 2.36. The molecule has 0 saturated carbocycles. The maximum Gasteiger partial charge on any atom is 0.348 e. The van der Waals surface area contributed by atoms with Gasteiger partial charge in [0.25, 0.3) is 11.1 Å². The predicted molar refractivity (Wildman–Crippen MR) is 167 cm³/mol. The number of phenolic OH excluding ortho intramolecular Hbond substituents is 1. The highest BCUT2D eigenvalue weighted by Gasteiger charge is 2.20. The number of benzene rings is 2. The van der Waals surface area contributed by atoms with Crippen LogP contribution in [0.5, 0.6) is 5.75 Å². The van der Waals surface area contributed by atoms with Gasteiger partial charge in [0.05, 0.1) is 24.6 Å². The number of ether oxygens (including phenoxy) is 2. The summed E-state index contributed by atoms with van der Waals surface area (Å²) in [6.45, 7) is 3.92. The number of hydrogen-bond donors (Lipinski definition) is 1. The molecule has 1 N–H and O–H groups in total. The van der Waals surface area contributed by atoms with Crippen molar-refractivity contribution in [3.8, 4) is 28.3 Å². The lowest BCUT2D eigenvalue weighted by molar-refractivity contribution is 0.0522. The minimum atomic E-state index is -0.486. The van der Waals surface area contributed by atoms with Gasteiger partial charge in [0.1, 0.15) is 25.2 Å². The molecule has 4 heterocycles. The average molecular weight is 613 g/mol. The zero-order chi connectivity index (χ0) is 30.2. The van der Waals surface area contributed by atoms with Gasteiger partial charge in [-0.25, -0.2) is 9.59 Å². The largest absolute Gasteiger partial charge is 0.508 e. The van der Waals surface area contributed by atoms with Crippen LogP contribution in [0, 0.1) is 0 Å². The fraction of sp³-hybridized carbons (Fsp3) is 0.125. The number of fused-ring (bicyclic) bond motifs is 2. The number of nitrogens with zero attached hydrogens (tertiary/aromatic N) is 2. The second kappa shape index (κ2) is 11.3. The Kier molecular flexibility index (Phi) is 7.43. The molecule has 0 unspecified atom stereocenters. The first-order valence-corrected chi connectivity index (χ1v) is 15.0. The van der Waals surface area contributed by atoms with Gasteiger partial charge in [0.2, 0.25) is 0 Å². The summed E-state index contributed by atoms with van der Waals surface area (Å²) < 4.78 is 13.4. The third kappa shape index (κ3) is 5.13. The fourth-order valence-corrected chi connectivity index (χ4v) is 7.02. The maximum absolute atomic E-state index is 13.5. The number of pyridine rings is 2. The number of carbonyl (C=O) groups excluding carboxylic acids is 2. The van der Waals surface area contributed by atoms with Crippen molar-refractivity contribution in [2.75, 3.05) is 13.2 Å². The summed E-state index contributed by atoms with van der Waals surface area (Å²) in [6, 6.07) is 21.5. The molecule has 0 aliphatic heterocycles. The quantitative estimate of drug-likeness (QED) is 0.215. The van der Waals surface area contributed by atoms with Crippen LogP contribution in [0.4, 0.5) is 0 Å². The van der Waals surface area contributed by atoms with Crippen LogP contribution in [0.2, 0.25) is 0 Å². The molecule has 216 valence electrons. The molecule has 11 heteroatoms. The first-order valence-electron chi connectivity index (χ1n) is 13.4. The molecule has 0 saturated heterocycles. The zero-order valence-electron chi connectivity index (χ0n) is 23.0. The molecule has 0 fully saturated rings. The number of esters is 2. The second-order valence-electron chi connectivity index (χ2n) is 9.44. The van der Waals surface area contributed by atoms with E-state index in [1.54, 1.807) is 68.4 Å². The number of aromatic hydroxyl groups is 1. The van der Waals surface area contributed by atoms with Crippen molar-refractivity contribution in [2.24, 2.45) is 0 Å². The molecule has 0 amide bonds. The summed E-state index contributed by atoms with van der Waals surface area (Å²) in [5, 5.41) is 11.2. The van der Waals surface area contributed by atoms with E-state index in [1.807, 2.05) is 0 Å². The Morgan fingerprint density at radius 3 is 1.88 bits per heavy atom. The lowest BCUT2D eigenvalue weighted by Crippen LogP contribution is -2.17. The van der Waals surface area contributed by atoms with Crippen molar-refractivity contribution in [1.29, 1.82) is 0 Å². The van der Waals surface area contributed by atoms with E-state index in [0.29, 0.717) is 47.3 Å². The molecule has 6 rings (SSSR count). The van der Waals surface area contributed by atoms with E-state index in [-0.39, 0.29) is 30.1 Å². The Morgan fingerprint density at radius 1 is 0.698 bits per heavy atom. The highest BCUT2D eigenvalue weighted by atomic mass is 32.1. The Labute approximate surface area is 252 Å². The summed E-state index contributed by atoms with van der Waals surface area (Å²) in [7, 11) is 0. The summed E-state index contributed by atoms with van der Waals surface area (Å²) >= 11 is 2.33. The standard InChI is InChI=1S/C32H24N2O7S2/c1-3-40-31(38)25-15-19-7-14-27(36)33(29(19)42-25)20-8-5-18(6-9-20)23-17-28(37)34(21-10-12-22(35)13-11-21)30-24(23)16-26(43-30)32(39)41-4-2/h5-17,35H,3-4H2,1-2H3. The van der Waals surface area contributed by atoms with Gasteiger partial charge < -0.3 is 14.6 Å². The van der Waals surface area contributed by atoms with Crippen LogP contribution in [0.15, 0.2) is 88.5 Å². The molecule has 43 heavy (non-hydrogen) atoms. The molecule has 4 aromatic heterocycles. The lowest BCUT2D eigenvalue weighted by Gasteiger charge is -2.12. The molecule has 6 aromatic rings. The summed E-state index contributed by atoms with van der Waals surface area (Å²) in [4.78, 5) is 53.4. The Morgan fingerprint density at radius 2 is 1.26 bits per heavy atom. The first kappa shape index (κ1) is 28.1. The van der Waals surface area contributed by atoms with E-state index in [2.05, 4.69) is 0 Å².